The van der Waals surface area contributed by atoms with Crippen molar-refractivity contribution in [1.29, 1.82) is 0 Å². The van der Waals surface area contributed by atoms with Crippen LogP contribution in [-0.2, 0) is 0 Å². The van der Waals surface area contributed by atoms with Crippen LogP contribution in [0.25, 0.3) is 17.0 Å². The van der Waals surface area contributed by atoms with Crippen molar-refractivity contribution in [2.24, 2.45) is 5.73 Å². The molecule has 0 spiro atoms. The van der Waals surface area contributed by atoms with E-state index in [0.29, 0.717) is 22.7 Å². The topological polar surface area (TPSA) is 128 Å². The van der Waals surface area contributed by atoms with Gasteiger partial charge >= 0.3 is 0 Å². The smallest absolute Gasteiger partial charge is 0.274 e. The molecule has 3 heterocycles. The summed E-state index contributed by atoms with van der Waals surface area (Å²) in [6.07, 6.45) is 4.16. The Kier molecular flexibility index (Phi) is 3.88. The second kappa shape index (κ2) is 6.37. The molecule has 3 N–H and O–H groups in total. The minimum absolute atomic E-state index is 0.275. The summed E-state index contributed by atoms with van der Waals surface area (Å²) < 4.78 is 6.28. The number of anilines is 1. The number of hydrogen-bond donors (Lipinski definition) is 2. The van der Waals surface area contributed by atoms with Gasteiger partial charge in [-0.2, -0.15) is 4.98 Å². The number of aryl methyl sites for hydroxylation is 1. The first-order valence-corrected chi connectivity index (χ1v) is 7.98. The van der Waals surface area contributed by atoms with Gasteiger partial charge in [0.15, 0.2) is 0 Å². The molecule has 3 aromatic heterocycles. The number of aromatic nitrogens is 4. The number of benzene rings is 1. The van der Waals surface area contributed by atoms with Crippen molar-refractivity contribution in [3.8, 4) is 11.4 Å². The number of carbonyl (C=O) groups is 2. The number of primary amides is 1. The van der Waals surface area contributed by atoms with Crippen LogP contribution in [0.1, 0.15) is 26.4 Å². The molecule has 9 nitrogen and oxygen atoms in total. The van der Waals surface area contributed by atoms with Crippen molar-refractivity contribution in [2.75, 3.05) is 5.32 Å². The minimum Gasteiger partial charge on any atom is -0.366 e. The summed E-state index contributed by atoms with van der Waals surface area (Å²) in [5.74, 6) is -0.538. The van der Waals surface area contributed by atoms with E-state index in [9.17, 15) is 9.59 Å². The highest BCUT2D eigenvalue weighted by Crippen LogP contribution is 2.23. The molecular weight excluding hydrogens is 348 g/mol. The van der Waals surface area contributed by atoms with Gasteiger partial charge in [0.1, 0.15) is 11.3 Å². The van der Waals surface area contributed by atoms with Crippen LogP contribution in [0.3, 0.4) is 0 Å². The van der Waals surface area contributed by atoms with Gasteiger partial charge in [-0.25, -0.2) is 4.98 Å². The normalized spacial score (nSPS) is 10.9. The van der Waals surface area contributed by atoms with Gasteiger partial charge in [-0.05, 0) is 30.7 Å². The van der Waals surface area contributed by atoms with E-state index in [-0.39, 0.29) is 17.2 Å². The molecule has 27 heavy (non-hydrogen) atoms. The predicted octanol–water partition coefficient (Wildman–Crippen LogP) is 2.04. The van der Waals surface area contributed by atoms with E-state index < -0.39 is 5.91 Å². The number of carbonyl (C=O) groups excluding carboxylic acids is 2. The summed E-state index contributed by atoms with van der Waals surface area (Å²) in [4.78, 5) is 32.4. The number of nitrogens with zero attached hydrogens (tertiary/aromatic N) is 4. The summed E-state index contributed by atoms with van der Waals surface area (Å²) in [5, 5.41) is 6.65. The van der Waals surface area contributed by atoms with Crippen LogP contribution in [0, 0.1) is 6.92 Å². The Morgan fingerprint density at radius 3 is 2.78 bits per heavy atom. The average Bonchev–Trinajstić information content (AvgIpc) is 3.32. The van der Waals surface area contributed by atoms with Gasteiger partial charge in [0.2, 0.25) is 18.1 Å². The molecule has 0 radical (unpaired) electrons. The molecule has 0 atom stereocenters. The van der Waals surface area contributed by atoms with E-state index in [2.05, 4.69) is 20.4 Å². The van der Waals surface area contributed by atoms with Crippen LogP contribution >= 0.6 is 0 Å². The lowest BCUT2D eigenvalue weighted by Crippen LogP contribution is -2.16. The minimum atomic E-state index is -0.583. The van der Waals surface area contributed by atoms with E-state index in [4.69, 9.17) is 10.3 Å². The lowest BCUT2D eigenvalue weighted by atomic mass is 10.1. The van der Waals surface area contributed by atoms with Gasteiger partial charge < -0.3 is 15.6 Å². The molecular formula is C18H14N6O3. The van der Waals surface area contributed by atoms with Crippen LogP contribution in [-0.4, -0.2) is 31.3 Å². The molecule has 9 heteroatoms. The molecule has 0 bridgehead atoms. The summed E-state index contributed by atoms with van der Waals surface area (Å²) in [5.41, 5.74) is 8.57. The predicted molar refractivity (Wildman–Crippen MR) is 96.1 cm³/mol. The van der Waals surface area contributed by atoms with Crippen LogP contribution in [0.15, 0.2) is 53.6 Å². The summed E-state index contributed by atoms with van der Waals surface area (Å²) in [6.45, 7) is 1.87. The fraction of sp³-hybridized carbons (Fsp3) is 0.0556. The Bertz CT molecular complexity index is 1160. The van der Waals surface area contributed by atoms with Gasteiger partial charge in [-0.15, -0.1) is 0 Å². The van der Waals surface area contributed by atoms with Crippen molar-refractivity contribution >= 4 is 23.1 Å². The third-order valence-corrected chi connectivity index (χ3v) is 4.13. The molecule has 0 aliphatic heterocycles. The molecule has 134 valence electrons. The van der Waals surface area contributed by atoms with E-state index in [1.807, 2.05) is 19.1 Å². The maximum Gasteiger partial charge on any atom is 0.274 e. The Morgan fingerprint density at radius 2 is 2.04 bits per heavy atom. The second-order valence-corrected chi connectivity index (χ2v) is 5.89. The lowest BCUT2D eigenvalue weighted by molar-refractivity contribution is 0.0994. The highest BCUT2D eigenvalue weighted by molar-refractivity contribution is 6.04. The Hall–Kier alpha value is -4.01. The molecule has 0 fully saturated rings. The lowest BCUT2D eigenvalue weighted by Gasteiger charge is -2.10. The molecule has 4 aromatic rings. The average molecular weight is 362 g/mol. The number of nitrogens with one attached hydrogen (secondary N) is 1. The van der Waals surface area contributed by atoms with Gasteiger partial charge in [0, 0.05) is 17.4 Å². The SMILES string of the molecule is Cc1ccc(-c2ncon2)cc1NC(=O)c1cnc2ccc(C(N)=O)cn12. The Morgan fingerprint density at radius 1 is 1.19 bits per heavy atom. The zero-order valence-corrected chi connectivity index (χ0v) is 14.2. The Balaban J connectivity index is 1.68. The fourth-order valence-corrected chi connectivity index (χ4v) is 2.67. The van der Waals surface area contributed by atoms with Gasteiger partial charge in [-0.3, -0.25) is 14.0 Å². The molecule has 0 saturated heterocycles. The molecule has 4 rings (SSSR count). The van der Waals surface area contributed by atoms with Crippen molar-refractivity contribution in [2.45, 2.75) is 6.92 Å². The third-order valence-electron chi connectivity index (χ3n) is 4.13. The molecule has 0 saturated carbocycles. The fourth-order valence-electron chi connectivity index (χ4n) is 2.67. The summed E-state index contributed by atoms with van der Waals surface area (Å²) in [7, 11) is 0. The first kappa shape index (κ1) is 16.5. The maximum atomic E-state index is 12.8. The largest absolute Gasteiger partial charge is 0.366 e. The number of rotatable bonds is 4. The number of fused-ring (bicyclic) bond motifs is 1. The Labute approximate surface area is 152 Å². The molecule has 0 aliphatic carbocycles. The van der Waals surface area contributed by atoms with Crippen molar-refractivity contribution in [3.05, 3.63) is 65.9 Å². The van der Waals surface area contributed by atoms with Crippen molar-refractivity contribution < 1.29 is 14.1 Å². The van der Waals surface area contributed by atoms with Crippen LogP contribution in [0.4, 0.5) is 5.69 Å². The third kappa shape index (κ3) is 3.01. The molecule has 1 aromatic carbocycles. The van der Waals surface area contributed by atoms with E-state index >= 15 is 0 Å². The van der Waals surface area contributed by atoms with E-state index in [0.717, 1.165) is 5.56 Å². The molecule has 0 unspecified atom stereocenters. The van der Waals surface area contributed by atoms with Crippen LogP contribution in [0.2, 0.25) is 0 Å². The first-order valence-electron chi connectivity index (χ1n) is 7.98. The van der Waals surface area contributed by atoms with E-state index in [1.165, 1.54) is 23.2 Å². The standard InChI is InChI=1S/C18H14N6O3/c1-10-2-3-11(17-21-9-27-23-17)6-13(10)22-18(26)14-7-20-15-5-4-12(16(19)25)8-24(14)15/h2-9H,1H3,(H2,19,25)(H,22,26). The highest BCUT2D eigenvalue weighted by atomic mass is 16.5. The van der Waals surface area contributed by atoms with Gasteiger partial charge in [-0.1, -0.05) is 17.3 Å². The number of hydrogen-bond acceptors (Lipinski definition) is 6. The summed E-state index contributed by atoms with van der Waals surface area (Å²) >= 11 is 0. The number of nitrogens with two attached hydrogens (primary N) is 1. The van der Waals surface area contributed by atoms with Crippen LogP contribution in [0.5, 0.6) is 0 Å². The quantitative estimate of drug-likeness (QED) is 0.572. The van der Waals surface area contributed by atoms with Crippen molar-refractivity contribution in [1.82, 2.24) is 19.5 Å². The number of imidazole rings is 1. The highest BCUT2D eigenvalue weighted by Gasteiger charge is 2.15. The first-order chi connectivity index (χ1) is 13.0. The van der Waals surface area contributed by atoms with E-state index in [1.54, 1.807) is 18.2 Å². The monoisotopic (exact) mass is 362 g/mol. The molecule has 0 aliphatic rings. The maximum absolute atomic E-state index is 12.8. The second-order valence-electron chi connectivity index (χ2n) is 5.89. The number of amides is 2. The zero-order chi connectivity index (χ0) is 19.0. The van der Waals surface area contributed by atoms with Crippen LogP contribution < -0.4 is 11.1 Å². The summed E-state index contributed by atoms with van der Waals surface area (Å²) in [6, 6.07) is 8.63. The number of pyridine rings is 1. The zero-order valence-electron chi connectivity index (χ0n) is 14.2. The van der Waals surface area contributed by atoms with Crippen molar-refractivity contribution in [3.63, 3.8) is 0 Å². The van der Waals surface area contributed by atoms with Gasteiger partial charge in [0.25, 0.3) is 5.91 Å². The molecule has 2 amide bonds. The van der Waals surface area contributed by atoms with Gasteiger partial charge in [0.05, 0.1) is 11.8 Å².